The summed E-state index contributed by atoms with van der Waals surface area (Å²) < 4.78 is 86.5. The van der Waals surface area contributed by atoms with Crippen molar-refractivity contribution in [2.45, 2.75) is 57.2 Å². The van der Waals surface area contributed by atoms with E-state index in [4.69, 9.17) is 16.3 Å². The van der Waals surface area contributed by atoms with Crippen molar-refractivity contribution < 1.29 is 31.1 Å². The van der Waals surface area contributed by atoms with Gasteiger partial charge in [-0.05, 0) is 72.2 Å². The van der Waals surface area contributed by atoms with E-state index in [1.54, 1.807) is 0 Å². The van der Waals surface area contributed by atoms with Gasteiger partial charge >= 0.3 is 12.4 Å². The molecule has 13 heteroatoms. The predicted molar refractivity (Wildman–Crippen MR) is 131 cm³/mol. The van der Waals surface area contributed by atoms with Crippen LogP contribution in [0.3, 0.4) is 0 Å². The van der Waals surface area contributed by atoms with Crippen LogP contribution < -0.4 is 16.9 Å². The smallest absolute Gasteiger partial charge is 0.385 e. The van der Waals surface area contributed by atoms with Gasteiger partial charge in [-0.15, -0.1) is 5.10 Å². The number of halogens is 6. The van der Waals surface area contributed by atoms with Gasteiger partial charge in [0.25, 0.3) is 0 Å². The molecule has 0 fully saturated rings. The average molecular weight is 545 g/mol. The van der Waals surface area contributed by atoms with Crippen LogP contribution in [0.5, 0.6) is 0 Å². The topological polar surface area (TPSA) is 92.1 Å². The number of guanidine groups is 1. The lowest BCUT2D eigenvalue weighted by Gasteiger charge is -2.35. The molecule has 1 unspecified atom stereocenters. The lowest BCUT2D eigenvalue weighted by molar-refractivity contribution is -0.143. The predicted octanol–water partition coefficient (Wildman–Crippen LogP) is 4.45. The van der Waals surface area contributed by atoms with Crippen LogP contribution in [0.15, 0.2) is 35.4 Å². The third-order valence-electron chi connectivity index (χ3n) is 6.68. The van der Waals surface area contributed by atoms with Crippen LogP contribution in [-0.4, -0.2) is 42.2 Å². The molecule has 0 amide bonds. The molecule has 4 rings (SSSR count). The number of rotatable bonds is 4. The number of ether oxygens (including phenoxy) is 1. The van der Waals surface area contributed by atoms with E-state index in [0.717, 1.165) is 46.0 Å². The maximum Gasteiger partial charge on any atom is 0.416 e. The Morgan fingerprint density at radius 2 is 1.71 bits per heavy atom. The molecule has 0 spiro atoms. The molecule has 1 atom stereocenters. The highest BCUT2D eigenvalue weighted by molar-refractivity contribution is 5.78. The number of hydrazone groups is 1. The first kappa shape index (κ1) is 27.8. The maximum absolute atomic E-state index is 13.5. The molecule has 0 aromatic heterocycles. The summed E-state index contributed by atoms with van der Waals surface area (Å²) in [7, 11) is 1.42. The minimum absolute atomic E-state index is 0.104. The van der Waals surface area contributed by atoms with Crippen molar-refractivity contribution in [1.82, 2.24) is 10.0 Å². The van der Waals surface area contributed by atoms with Gasteiger partial charge < -0.3 is 20.7 Å². The highest BCUT2D eigenvalue weighted by Crippen LogP contribution is 2.37. The second-order valence-electron chi connectivity index (χ2n) is 9.58. The zero-order chi connectivity index (χ0) is 27.7. The number of benzene rings is 2. The Morgan fingerprint density at radius 3 is 2.34 bits per heavy atom. The van der Waals surface area contributed by atoms with Crippen molar-refractivity contribution in [1.29, 1.82) is 0 Å². The number of nitrogens with two attached hydrogens (primary N) is 2. The quantitative estimate of drug-likeness (QED) is 0.173. The average Bonchev–Trinajstić information content (AvgIpc) is 2.81. The summed E-state index contributed by atoms with van der Waals surface area (Å²) in [5, 5.41) is 8.40. The van der Waals surface area contributed by atoms with E-state index in [2.05, 4.69) is 16.5 Å². The summed E-state index contributed by atoms with van der Waals surface area (Å²) >= 11 is 0. The third kappa shape index (κ3) is 6.62. The van der Waals surface area contributed by atoms with Gasteiger partial charge in [0.15, 0.2) is 0 Å². The minimum atomic E-state index is -4.95. The van der Waals surface area contributed by atoms with E-state index in [1.165, 1.54) is 11.9 Å². The van der Waals surface area contributed by atoms with Gasteiger partial charge in [-0.25, -0.2) is 11.0 Å². The molecule has 7 nitrogen and oxygen atoms in total. The number of hydrogen-bond acceptors (Lipinski definition) is 5. The van der Waals surface area contributed by atoms with Gasteiger partial charge in [-0.3, -0.25) is 0 Å². The van der Waals surface area contributed by atoms with Crippen LogP contribution in [0.4, 0.5) is 32.0 Å². The van der Waals surface area contributed by atoms with E-state index in [-0.39, 0.29) is 30.2 Å². The van der Waals surface area contributed by atoms with Crippen LogP contribution in [0.1, 0.15) is 46.2 Å². The monoisotopic (exact) mass is 544 g/mol. The number of nitrogens with zero attached hydrogens (tertiary/aromatic N) is 3. The summed E-state index contributed by atoms with van der Waals surface area (Å²) in [5.74, 6) is 5.54. The summed E-state index contributed by atoms with van der Waals surface area (Å²) in [6, 6.07) is 5.33. The highest BCUT2D eigenvalue weighted by Gasteiger charge is 2.37. The molecule has 38 heavy (non-hydrogen) atoms. The molecule has 0 saturated heterocycles. The molecule has 2 heterocycles. The van der Waals surface area contributed by atoms with Crippen molar-refractivity contribution in [2.24, 2.45) is 16.7 Å². The first-order chi connectivity index (χ1) is 17.8. The van der Waals surface area contributed by atoms with Crippen molar-refractivity contribution in [3.63, 3.8) is 0 Å². The molecule has 5 N–H and O–H groups in total. The van der Waals surface area contributed by atoms with Gasteiger partial charge in [0.05, 0.1) is 24.3 Å². The Bertz CT molecular complexity index is 1150. The Hall–Kier alpha value is -3.19. The van der Waals surface area contributed by atoms with Gasteiger partial charge in [0.2, 0.25) is 5.96 Å². The Morgan fingerprint density at radius 1 is 1.03 bits per heavy atom. The molecule has 0 radical (unpaired) electrons. The fourth-order valence-electron chi connectivity index (χ4n) is 4.91. The highest BCUT2D eigenvalue weighted by atomic mass is 19.4. The van der Waals surface area contributed by atoms with Crippen molar-refractivity contribution in [3.05, 3.63) is 63.7 Å². The van der Waals surface area contributed by atoms with Gasteiger partial charge in [0, 0.05) is 31.9 Å². The van der Waals surface area contributed by atoms with Crippen LogP contribution in [-0.2, 0) is 43.1 Å². The number of fused-ring (bicyclic) bond motifs is 2. The Labute approximate surface area is 216 Å². The molecule has 2 aromatic carbocycles. The zero-order valence-corrected chi connectivity index (χ0v) is 20.8. The summed E-state index contributed by atoms with van der Waals surface area (Å²) in [5.41, 5.74) is 7.44. The SMILES string of the molecule is CN(N)/N=C(\N)N(Cc1cc(C(F)(F)F)cc(C(F)(F)F)c1)C1CCCNc2cc3c(cc2C1)CCOC3. The Kier molecular flexibility index (Phi) is 7.98. The number of nitrogens with one attached hydrogen (secondary N) is 1. The van der Waals surface area contributed by atoms with Crippen molar-refractivity contribution in [2.75, 3.05) is 25.5 Å². The van der Waals surface area contributed by atoms with Crippen LogP contribution >= 0.6 is 0 Å². The number of anilines is 1. The lowest BCUT2D eigenvalue weighted by atomic mass is 9.91. The van der Waals surface area contributed by atoms with E-state index in [1.807, 2.05) is 6.07 Å². The normalized spacial score (nSPS) is 18.5. The largest absolute Gasteiger partial charge is 0.416 e. The fourth-order valence-corrected chi connectivity index (χ4v) is 4.91. The van der Waals surface area contributed by atoms with E-state index in [0.29, 0.717) is 39.0 Å². The van der Waals surface area contributed by atoms with E-state index in [9.17, 15) is 26.3 Å². The van der Waals surface area contributed by atoms with Crippen molar-refractivity contribution >= 4 is 11.6 Å². The van der Waals surface area contributed by atoms with E-state index >= 15 is 0 Å². The van der Waals surface area contributed by atoms with Crippen LogP contribution in [0.2, 0.25) is 0 Å². The third-order valence-corrected chi connectivity index (χ3v) is 6.68. The molecular formula is C25H30F6N6O. The van der Waals surface area contributed by atoms with E-state index < -0.39 is 23.5 Å². The molecule has 2 aromatic rings. The molecule has 2 aliphatic heterocycles. The summed E-state index contributed by atoms with van der Waals surface area (Å²) in [4.78, 5) is 1.54. The van der Waals surface area contributed by atoms with Crippen molar-refractivity contribution in [3.8, 4) is 0 Å². The minimum Gasteiger partial charge on any atom is -0.385 e. The van der Waals surface area contributed by atoms with Gasteiger partial charge in [-0.2, -0.15) is 26.3 Å². The summed E-state index contributed by atoms with van der Waals surface area (Å²) in [6.07, 6.45) is -7.44. The fraction of sp³-hybridized carbons (Fsp3) is 0.480. The molecule has 0 saturated carbocycles. The van der Waals surface area contributed by atoms with Gasteiger partial charge in [0.1, 0.15) is 0 Å². The molecule has 0 aliphatic carbocycles. The zero-order valence-electron chi connectivity index (χ0n) is 20.8. The molecular weight excluding hydrogens is 514 g/mol. The maximum atomic E-state index is 13.5. The molecule has 208 valence electrons. The summed E-state index contributed by atoms with van der Waals surface area (Å²) in [6.45, 7) is 1.43. The first-order valence-electron chi connectivity index (χ1n) is 12.1. The van der Waals surface area contributed by atoms with Crippen LogP contribution in [0.25, 0.3) is 0 Å². The van der Waals surface area contributed by atoms with Gasteiger partial charge in [-0.1, -0.05) is 6.07 Å². The number of alkyl halides is 6. The first-order valence-corrected chi connectivity index (χ1v) is 12.1. The standard InChI is InChI=1S/C25H30F6N6O/c1-36(33)35-23(32)37(13-15-7-19(24(26,27)28)12-20(8-15)25(29,30)31)21-3-2-5-34-22-11-18-14-38-6-4-16(18)9-17(22)10-21/h7-9,11-12,21,34H,2-6,10,13-14,33H2,1H3,(H2,32,35). The second kappa shape index (κ2) is 10.9. The number of hydrazine groups is 1. The second-order valence-corrected chi connectivity index (χ2v) is 9.58. The molecule has 2 aliphatic rings. The molecule has 0 bridgehead atoms. The van der Waals surface area contributed by atoms with Crippen LogP contribution in [0, 0.1) is 0 Å². The lowest BCUT2D eigenvalue weighted by Crippen LogP contribution is -2.47. The number of hydrogen-bond donors (Lipinski definition) is 3. The Balaban J connectivity index is 1.74.